The van der Waals surface area contributed by atoms with Gasteiger partial charge in [-0.05, 0) is 54.7 Å². The Bertz CT molecular complexity index is 1600. The van der Waals surface area contributed by atoms with Gasteiger partial charge in [0.1, 0.15) is 12.6 Å². The highest BCUT2D eigenvalue weighted by molar-refractivity contribution is 7.92. The van der Waals surface area contributed by atoms with E-state index >= 15 is 0 Å². The lowest BCUT2D eigenvalue weighted by Gasteiger charge is -2.35. The third kappa shape index (κ3) is 9.23. The fourth-order valence-corrected chi connectivity index (χ4v) is 6.63. The van der Waals surface area contributed by atoms with Crippen LogP contribution in [0.4, 0.5) is 18.9 Å². The first kappa shape index (κ1) is 34.3. The minimum atomic E-state index is -4.85. The minimum absolute atomic E-state index is 0.0207. The molecule has 2 amide bonds. The number of amides is 2. The Labute approximate surface area is 267 Å². The summed E-state index contributed by atoms with van der Waals surface area (Å²) in [6.45, 7) is 1.01. The molecule has 3 aromatic carbocycles. The number of rotatable bonds is 11. The number of hydrogen-bond acceptors (Lipinski definition) is 4. The summed E-state index contributed by atoms with van der Waals surface area (Å²) < 4.78 is 67.6. The van der Waals surface area contributed by atoms with Gasteiger partial charge in [-0.2, -0.15) is 13.2 Å². The maximum absolute atomic E-state index is 14.3. The van der Waals surface area contributed by atoms with E-state index < -0.39 is 45.3 Å². The van der Waals surface area contributed by atoms with Crippen LogP contribution in [-0.2, 0) is 38.8 Å². The van der Waals surface area contributed by atoms with E-state index in [0.717, 1.165) is 67.2 Å². The summed E-state index contributed by atoms with van der Waals surface area (Å²) >= 11 is 5.79. The van der Waals surface area contributed by atoms with Crippen molar-refractivity contribution in [2.24, 2.45) is 0 Å². The Hall–Kier alpha value is -3.57. The second-order valence-corrected chi connectivity index (χ2v) is 13.7. The van der Waals surface area contributed by atoms with Gasteiger partial charge in [-0.15, -0.1) is 0 Å². The summed E-state index contributed by atoms with van der Waals surface area (Å²) in [6, 6.07) is 18.1. The molecule has 1 aliphatic rings. The number of nitrogens with zero attached hydrogens (tertiary/aromatic N) is 2. The number of carbonyl (C=O) groups is 2. The van der Waals surface area contributed by atoms with Crippen molar-refractivity contribution in [2.75, 3.05) is 17.1 Å². The lowest BCUT2D eigenvalue weighted by Crippen LogP contribution is -2.55. The second kappa shape index (κ2) is 14.7. The van der Waals surface area contributed by atoms with Gasteiger partial charge in [-0.3, -0.25) is 13.9 Å². The zero-order valence-electron chi connectivity index (χ0n) is 25.2. The Morgan fingerprint density at radius 1 is 0.978 bits per heavy atom. The molecule has 1 atom stereocenters. The van der Waals surface area contributed by atoms with Gasteiger partial charge in [0.05, 0.1) is 22.5 Å². The van der Waals surface area contributed by atoms with Crippen molar-refractivity contribution >= 4 is 39.1 Å². The molecule has 45 heavy (non-hydrogen) atoms. The van der Waals surface area contributed by atoms with E-state index in [9.17, 15) is 31.2 Å². The smallest absolute Gasteiger partial charge is 0.352 e. The molecule has 0 aromatic heterocycles. The van der Waals surface area contributed by atoms with Crippen LogP contribution in [0.5, 0.6) is 0 Å². The first-order chi connectivity index (χ1) is 21.2. The molecule has 0 aliphatic heterocycles. The zero-order chi connectivity index (χ0) is 32.8. The molecule has 1 N–H and O–H groups in total. The Morgan fingerprint density at radius 2 is 1.62 bits per heavy atom. The molecule has 0 spiro atoms. The van der Waals surface area contributed by atoms with Crippen LogP contribution in [0.1, 0.15) is 54.4 Å². The molecule has 0 bridgehead atoms. The highest BCUT2D eigenvalue weighted by atomic mass is 35.5. The highest BCUT2D eigenvalue weighted by Crippen LogP contribution is 2.37. The number of halogens is 4. The van der Waals surface area contributed by atoms with Crippen LogP contribution in [0.3, 0.4) is 0 Å². The average molecular weight is 664 g/mol. The van der Waals surface area contributed by atoms with Crippen LogP contribution in [0.15, 0.2) is 72.8 Å². The van der Waals surface area contributed by atoms with Crippen molar-refractivity contribution in [3.8, 4) is 0 Å². The van der Waals surface area contributed by atoms with Gasteiger partial charge in [-0.1, -0.05) is 85.5 Å². The third-order valence-electron chi connectivity index (χ3n) is 8.05. The number of carbonyl (C=O) groups excluding carboxylic acids is 2. The quantitative estimate of drug-likeness (QED) is 0.253. The molecule has 0 radical (unpaired) electrons. The van der Waals surface area contributed by atoms with Gasteiger partial charge in [0, 0.05) is 19.0 Å². The van der Waals surface area contributed by atoms with Crippen LogP contribution in [0, 0.1) is 6.92 Å². The molecule has 1 aliphatic carbocycles. The van der Waals surface area contributed by atoms with E-state index in [0.29, 0.717) is 10.4 Å². The van der Waals surface area contributed by atoms with Crippen molar-refractivity contribution in [3.63, 3.8) is 0 Å². The van der Waals surface area contributed by atoms with Gasteiger partial charge in [0.15, 0.2) is 0 Å². The van der Waals surface area contributed by atoms with Crippen molar-refractivity contribution in [1.82, 2.24) is 10.2 Å². The van der Waals surface area contributed by atoms with E-state index in [1.165, 1.54) is 4.90 Å². The average Bonchev–Trinajstić information content (AvgIpc) is 2.98. The van der Waals surface area contributed by atoms with Crippen LogP contribution < -0.4 is 9.62 Å². The highest BCUT2D eigenvalue weighted by Gasteiger charge is 2.37. The van der Waals surface area contributed by atoms with Gasteiger partial charge in [0.2, 0.25) is 21.8 Å². The molecule has 242 valence electrons. The molecular weight excluding hydrogens is 627 g/mol. The van der Waals surface area contributed by atoms with E-state index in [-0.39, 0.29) is 30.6 Å². The maximum Gasteiger partial charge on any atom is 0.417 e. The molecule has 3 aromatic rings. The standard InChI is InChI=1S/C33H37ClF3N3O4S/c1-23-11-9-10-14-25(23)21-39(30(19-24-12-5-3-6-13-24)32(42)38-26-15-7-4-8-16-26)31(41)22-40(45(2,43)44)27-17-18-29(34)28(20-27)33(35,36)37/h3,5-6,9-14,17-18,20,26,30H,4,7-8,15-16,19,21-22H2,1-2H3,(H,38,42)/t30-/m1/s1. The Kier molecular flexibility index (Phi) is 11.2. The maximum atomic E-state index is 14.3. The normalized spacial score (nSPS) is 14.9. The number of hydrogen-bond donors (Lipinski definition) is 1. The number of aryl methyl sites for hydroxylation is 1. The molecule has 0 heterocycles. The van der Waals surface area contributed by atoms with Crippen molar-refractivity contribution in [2.45, 2.75) is 70.3 Å². The minimum Gasteiger partial charge on any atom is -0.352 e. The van der Waals surface area contributed by atoms with Gasteiger partial charge in [-0.25, -0.2) is 8.42 Å². The summed E-state index contributed by atoms with van der Waals surface area (Å²) in [7, 11) is -4.26. The van der Waals surface area contributed by atoms with Gasteiger partial charge < -0.3 is 10.2 Å². The number of nitrogens with one attached hydrogen (secondary N) is 1. The van der Waals surface area contributed by atoms with Crippen molar-refractivity contribution in [3.05, 3.63) is 100 Å². The number of benzene rings is 3. The topological polar surface area (TPSA) is 86.8 Å². The third-order valence-corrected chi connectivity index (χ3v) is 9.52. The van der Waals surface area contributed by atoms with Crippen LogP contribution in [-0.4, -0.2) is 50.0 Å². The Morgan fingerprint density at radius 3 is 2.24 bits per heavy atom. The summed E-state index contributed by atoms with van der Waals surface area (Å²) in [5.41, 5.74) is 0.787. The van der Waals surface area contributed by atoms with Crippen molar-refractivity contribution < 1.29 is 31.2 Å². The summed E-state index contributed by atoms with van der Waals surface area (Å²) in [5, 5.41) is 2.51. The van der Waals surface area contributed by atoms with Crippen molar-refractivity contribution in [1.29, 1.82) is 0 Å². The summed E-state index contributed by atoms with van der Waals surface area (Å²) in [4.78, 5) is 29.6. The molecule has 0 saturated heterocycles. The molecule has 1 fully saturated rings. The molecule has 4 rings (SSSR count). The van der Waals surface area contributed by atoms with Crippen LogP contribution >= 0.6 is 11.6 Å². The number of anilines is 1. The number of alkyl halides is 3. The molecule has 0 unspecified atom stereocenters. The number of sulfonamides is 1. The predicted octanol–water partition coefficient (Wildman–Crippen LogP) is 6.52. The Balaban J connectivity index is 1.76. The zero-order valence-corrected chi connectivity index (χ0v) is 26.8. The fraction of sp³-hybridized carbons (Fsp3) is 0.394. The lowest BCUT2D eigenvalue weighted by atomic mass is 9.94. The first-order valence-corrected chi connectivity index (χ1v) is 17.0. The molecule has 12 heteroatoms. The lowest BCUT2D eigenvalue weighted by molar-refractivity contribution is -0.140. The van der Waals surface area contributed by atoms with Gasteiger partial charge in [0.25, 0.3) is 0 Å². The molecular formula is C33H37ClF3N3O4S. The molecule has 1 saturated carbocycles. The predicted molar refractivity (Wildman–Crippen MR) is 169 cm³/mol. The second-order valence-electron chi connectivity index (χ2n) is 11.4. The first-order valence-electron chi connectivity index (χ1n) is 14.8. The summed E-state index contributed by atoms with van der Waals surface area (Å²) in [6.07, 6.45) is 0.773. The summed E-state index contributed by atoms with van der Waals surface area (Å²) in [5.74, 6) is -1.11. The van der Waals surface area contributed by atoms with E-state index in [1.54, 1.807) is 6.07 Å². The van der Waals surface area contributed by atoms with E-state index in [1.807, 2.05) is 55.5 Å². The molecule has 7 nitrogen and oxygen atoms in total. The van der Waals surface area contributed by atoms with Gasteiger partial charge >= 0.3 is 6.18 Å². The monoisotopic (exact) mass is 663 g/mol. The van der Waals surface area contributed by atoms with E-state index in [2.05, 4.69) is 5.32 Å². The van der Waals surface area contributed by atoms with E-state index in [4.69, 9.17) is 11.6 Å². The van der Waals surface area contributed by atoms with Crippen LogP contribution in [0.2, 0.25) is 5.02 Å². The van der Waals surface area contributed by atoms with Crippen LogP contribution in [0.25, 0.3) is 0 Å². The fourth-order valence-electron chi connectivity index (χ4n) is 5.57. The SMILES string of the molecule is Cc1ccccc1CN(C(=O)CN(c1ccc(Cl)c(C(F)(F)F)c1)S(C)(=O)=O)[C@H](Cc1ccccc1)C(=O)NC1CCCCC1. The largest absolute Gasteiger partial charge is 0.417 e.